The van der Waals surface area contributed by atoms with Crippen molar-refractivity contribution in [3.63, 3.8) is 0 Å². The quantitative estimate of drug-likeness (QED) is 0.412. The molecule has 5 aromatic rings. The molecule has 0 amide bonds. The number of hydrogen-bond acceptors (Lipinski definition) is 5. The molecule has 0 aliphatic heterocycles. The lowest BCUT2D eigenvalue weighted by Gasteiger charge is -2.08. The van der Waals surface area contributed by atoms with E-state index in [1.54, 1.807) is 18.3 Å². The van der Waals surface area contributed by atoms with Crippen molar-refractivity contribution in [3.05, 3.63) is 69.2 Å². The van der Waals surface area contributed by atoms with E-state index < -0.39 is 11.0 Å². The van der Waals surface area contributed by atoms with Gasteiger partial charge in [-0.1, -0.05) is 17.7 Å². The van der Waals surface area contributed by atoms with Gasteiger partial charge in [-0.05, 0) is 48.2 Å². The summed E-state index contributed by atoms with van der Waals surface area (Å²) in [6, 6.07) is 11.0. The summed E-state index contributed by atoms with van der Waals surface area (Å²) in [5.74, 6) is 0. The third kappa shape index (κ3) is 2.44. The van der Waals surface area contributed by atoms with Crippen LogP contribution in [0.25, 0.3) is 26.9 Å². The predicted octanol–water partition coefficient (Wildman–Crippen LogP) is 3.79. The SMILES string of the molecule is Cc1ccc(S(=O)n2ccc3c2nc(Cl)n2c(=O)c4sccc4nc32)cc1. The van der Waals surface area contributed by atoms with Crippen LogP contribution in [-0.4, -0.2) is 22.5 Å². The number of halogens is 1. The van der Waals surface area contributed by atoms with Crippen LogP contribution < -0.4 is 5.56 Å². The Morgan fingerprint density at radius 3 is 2.63 bits per heavy atom. The molecule has 5 rings (SSSR count). The molecule has 0 aliphatic rings. The molecule has 1 atom stereocenters. The van der Waals surface area contributed by atoms with E-state index in [1.807, 2.05) is 36.6 Å². The minimum Gasteiger partial charge on any atom is -0.267 e. The van der Waals surface area contributed by atoms with E-state index >= 15 is 0 Å². The largest absolute Gasteiger partial charge is 0.278 e. The number of hydrogen-bond donors (Lipinski definition) is 0. The van der Waals surface area contributed by atoms with Gasteiger partial charge in [-0.3, -0.25) is 4.79 Å². The maximum Gasteiger partial charge on any atom is 0.278 e. The molecule has 27 heavy (non-hydrogen) atoms. The van der Waals surface area contributed by atoms with Gasteiger partial charge in [0.2, 0.25) is 5.28 Å². The van der Waals surface area contributed by atoms with Crippen LogP contribution in [0.3, 0.4) is 0 Å². The molecule has 0 saturated heterocycles. The Balaban J connectivity index is 1.82. The zero-order valence-corrected chi connectivity index (χ0v) is 16.3. The number of fused-ring (bicyclic) bond motifs is 4. The molecule has 0 bridgehead atoms. The number of thiophene rings is 1. The number of aromatic nitrogens is 4. The summed E-state index contributed by atoms with van der Waals surface area (Å²) >= 11 is 7.63. The van der Waals surface area contributed by atoms with E-state index in [1.165, 1.54) is 19.7 Å². The van der Waals surface area contributed by atoms with Gasteiger partial charge in [-0.25, -0.2) is 17.6 Å². The van der Waals surface area contributed by atoms with Crippen molar-refractivity contribution < 1.29 is 4.21 Å². The Bertz CT molecular complexity index is 1430. The van der Waals surface area contributed by atoms with Crippen LogP contribution in [0.1, 0.15) is 5.56 Å². The normalized spacial score (nSPS) is 13.0. The van der Waals surface area contributed by atoms with Gasteiger partial charge in [0.05, 0.1) is 15.8 Å². The first-order chi connectivity index (χ1) is 13.0. The van der Waals surface area contributed by atoms with Crippen molar-refractivity contribution in [2.24, 2.45) is 0 Å². The van der Waals surface area contributed by atoms with Gasteiger partial charge in [0.1, 0.15) is 4.70 Å². The minimum absolute atomic E-state index is 0.00819. The molecular weight excluding hydrogens is 404 g/mol. The molecule has 1 unspecified atom stereocenters. The van der Waals surface area contributed by atoms with Gasteiger partial charge in [0.15, 0.2) is 22.3 Å². The monoisotopic (exact) mass is 414 g/mol. The highest BCUT2D eigenvalue weighted by molar-refractivity contribution is 7.83. The summed E-state index contributed by atoms with van der Waals surface area (Å²) in [6.07, 6.45) is 1.67. The highest BCUT2D eigenvalue weighted by Gasteiger charge is 2.18. The molecule has 134 valence electrons. The Morgan fingerprint density at radius 1 is 1.07 bits per heavy atom. The van der Waals surface area contributed by atoms with Gasteiger partial charge in [-0.2, -0.15) is 4.98 Å². The van der Waals surface area contributed by atoms with E-state index in [9.17, 15) is 9.00 Å². The lowest BCUT2D eigenvalue weighted by molar-refractivity contribution is 0.678. The molecule has 0 spiro atoms. The first-order valence-electron chi connectivity index (χ1n) is 8.00. The molecule has 0 N–H and O–H groups in total. The van der Waals surface area contributed by atoms with E-state index in [4.69, 9.17) is 11.6 Å². The molecular formula is C18H11ClN4O2S2. The third-order valence-corrected chi connectivity index (χ3v) is 6.80. The van der Waals surface area contributed by atoms with Crippen molar-refractivity contribution in [3.8, 4) is 0 Å². The summed E-state index contributed by atoms with van der Waals surface area (Å²) < 4.78 is 16.4. The number of rotatable bonds is 2. The molecule has 9 heteroatoms. The Hall–Kier alpha value is -2.55. The number of benzene rings is 1. The Labute approximate surface area is 164 Å². The second-order valence-corrected chi connectivity index (χ2v) is 8.65. The number of nitrogens with zero attached hydrogens (tertiary/aromatic N) is 4. The van der Waals surface area contributed by atoms with Crippen molar-refractivity contribution in [2.45, 2.75) is 11.8 Å². The van der Waals surface area contributed by atoms with Crippen LogP contribution in [0.4, 0.5) is 0 Å². The molecule has 0 aliphatic carbocycles. The highest BCUT2D eigenvalue weighted by atomic mass is 35.5. The zero-order chi connectivity index (χ0) is 18.7. The predicted molar refractivity (Wildman–Crippen MR) is 108 cm³/mol. The summed E-state index contributed by atoms with van der Waals surface area (Å²) in [5.41, 5.74) is 2.27. The van der Waals surface area contributed by atoms with Gasteiger partial charge >= 0.3 is 0 Å². The maximum atomic E-state index is 13.0. The topological polar surface area (TPSA) is 69.3 Å². The Morgan fingerprint density at radius 2 is 1.85 bits per heavy atom. The van der Waals surface area contributed by atoms with Crippen LogP contribution in [0, 0.1) is 6.92 Å². The molecule has 1 aromatic carbocycles. The van der Waals surface area contributed by atoms with Gasteiger partial charge in [-0.15, -0.1) is 11.3 Å². The maximum absolute atomic E-state index is 13.0. The molecule has 4 heterocycles. The summed E-state index contributed by atoms with van der Waals surface area (Å²) in [6.45, 7) is 1.97. The second-order valence-electron chi connectivity index (χ2n) is 6.03. The summed E-state index contributed by atoms with van der Waals surface area (Å²) in [4.78, 5) is 22.3. The minimum atomic E-state index is -1.49. The molecule has 6 nitrogen and oxygen atoms in total. The standard InChI is InChI=1S/C18H11ClN4O2S2/c1-10-2-4-11(5-3-10)27(25)22-8-6-12-15(22)21-18(19)23-16(12)20-13-7-9-26-14(13)17(23)24/h2-9H,1H3. The van der Waals surface area contributed by atoms with Gasteiger partial charge < -0.3 is 0 Å². The van der Waals surface area contributed by atoms with Gasteiger partial charge in [0.25, 0.3) is 5.56 Å². The molecule has 4 aromatic heterocycles. The van der Waals surface area contributed by atoms with E-state index in [0.717, 1.165) is 5.56 Å². The first kappa shape index (κ1) is 16.6. The number of aryl methyl sites for hydroxylation is 1. The molecule has 0 radical (unpaired) electrons. The van der Waals surface area contributed by atoms with Crippen LogP contribution in [0.15, 0.2) is 57.7 Å². The van der Waals surface area contributed by atoms with Crippen molar-refractivity contribution in [1.29, 1.82) is 0 Å². The third-order valence-electron chi connectivity index (χ3n) is 4.33. The molecule has 0 saturated carbocycles. The summed E-state index contributed by atoms with van der Waals surface area (Å²) in [7, 11) is -1.49. The lowest BCUT2D eigenvalue weighted by atomic mass is 10.2. The fourth-order valence-corrected chi connectivity index (χ4v) is 5.05. The summed E-state index contributed by atoms with van der Waals surface area (Å²) in [5, 5.41) is 2.42. The highest BCUT2D eigenvalue weighted by Crippen LogP contribution is 2.25. The van der Waals surface area contributed by atoms with Crippen LogP contribution >= 0.6 is 22.9 Å². The van der Waals surface area contributed by atoms with E-state index in [-0.39, 0.29) is 10.8 Å². The van der Waals surface area contributed by atoms with Crippen LogP contribution in [0.5, 0.6) is 0 Å². The van der Waals surface area contributed by atoms with Crippen LogP contribution in [0.2, 0.25) is 5.28 Å². The van der Waals surface area contributed by atoms with Crippen molar-refractivity contribution in [1.82, 2.24) is 18.3 Å². The first-order valence-corrected chi connectivity index (χ1v) is 10.4. The van der Waals surface area contributed by atoms with E-state index in [0.29, 0.717) is 31.8 Å². The Kier molecular flexibility index (Phi) is 3.68. The second kappa shape index (κ2) is 5.98. The lowest BCUT2D eigenvalue weighted by Crippen LogP contribution is -2.16. The fraction of sp³-hybridized carbons (Fsp3) is 0.0556. The van der Waals surface area contributed by atoms with Gasteiger partial charge in [0, 0.05) is 6.20 Å². The van der Waals surface area contributed by atoms with Crippen molar-refractivity contribution >= 4 is 60.8 Å². The van der Waals surface area contributed by atoms with E-state index in [2.05, 4.69) is 9.97 Å². The molecule has 0 fully saturated rings. The smallest absolute Gasteiger partial charge is 0.267 e. The van der Waals surface area contributed by atoms with Crippen molar-refractivity contribution in [2.75, 3.05) is 0 Å². The average Bonchev–Trinajstić information content (AvgIpc) is 3.28. The average molecular weight is 415 g/mol. The van der Waals surface area contributed by atoms with Crippen LogP contribution in [-0.2, 0) is 11.0 Å². The fourth-order valence-electron chi connectivity index (χ4n) is 2.99. The zero-order valence-electron chi connectivity index (χ0n) is 13.9.